The number of imidazole rings is 1. The topological polar surface area (TPSA) is 81.6 Å². The molecule has 0 aliphatic rings. The van der Waals surface area contributed by atoms with Crippen molar-refractivity contribution in [2.24, 2.45) is 0 Å². The molecule has 24 heavy (non-hydrogen) atoms. The highest BCUT2D eigenvalue weighted by atomic mass is 35.5. The summed E-state index contributed by atoms with van der Waals surface area (Å²) in [6.45, 7) is 0. The van der Waals surface area contributed by atoms with Gasteiger partial charge in [0.2, 0.25) is 5.16 Å². The standard InChI is InChI=1S/C13H10BClN7OS/c1-23-14-17-9-7-22-10(16-9)4-5-12(20-22)24-13-19-18-11-3-2-8(15)6-21(11)13/h2-7,17H,1H3. The average Bonchev–Trinajstić information content (AvgIpc) is 3.16. The van der Waals surface area contributed by atoms with Gasteiger partial charge in [-0.1, -0.05) is 11.6 Å². The Morgan fingerprint density at radius 3 is 2.92 bits per heavy atom. The number of nitrogens with zero attached hydrogens (tertiary/aromatic N) is 6. The molecule has 0 aromatic carbocycles. The Kier molecular flexibility index (Phi) is 4.01. The predicted molar refractivity (Wildman–Crippen MR) is 91.5 cm³/mol. The van der Waals surface area contributed by atoms with Gasteiger partial charge in [0.25, 0.3) is 0 Å². The molecule has 4 heterocycles. The molecule has 1 N–H and O–H groups in total. The molecule has 8 nitrogen and oxygen atoms in total. The highest BCUT2D eigenvalue weighted by Crippen LogP contribution is 2.26. The molecule has 0 bridgehead atoms. The van der Waals surface area contributed by atoms with Gasteiger partial charge in [0.1, 0.15) is 10.8 Å². The van der Waals surface area contributed by atoms with E-state index < -0.39 is 0 Å². The second-order valence-corrected chi connectivity index (χ2v) is 6.18. The smallest absolute Gasteiger partial charge is 0.422 e. The first-order chi connectivity index (χ1) is 11.7. The van der Waals surface area contributed by atoms with E-state index in [4.69, 9.17) is 16.3 Å². The monoisotopic (exact) mass is 358 g/mol. The molecule has 0 saturated carbocycles. The van der Waals surface area contributed by atoms with E-state index in [1.807, 2.05) is 22.6 Å². The highest BCUT2D eigenvalue weighted by molar-refractivity contribution is 7.99. The van der Waals surface area contributed by atoms with Crippen molar-refractivity contribution < 1.29 is 4.65 Å². The summed E-state index contributed by atoms with van der Waals surface area (Å²) in [4.78, 5) is 4.37. The molecule has 4 rings (SSSR count). The SMILES string of the molecule is CO[B]Nc1cn2nc(Sc3nnc4ccc(Cl)cn34)ccc2n1. The molecule has 0 amide bonds. The van der Waals surface area contributed by atoms with Crippen molar-refractivity contribution in [1.82, 2.24) is 29.2 Å². The number of hydrogen-bond donors (Lipinski definition) is 1. The van der Waals surface area contributed by atoms with Gasteiger partial charge in [-0.15, -0.1) is 10.2 Å². The van der Waals surface area contributed by atoms with E-state index in [9.17, 15) is 0 Å². The molecule has 0 aliphatic carbocycles. The van der Waals surface area contributed by atoms with E-state index >= 15 is 0 Å². The number of pyridine rings is 1. The number of hydrogen-bond acceptors (Lipinski definition) is 7. The Morgan fingerprint density at radius 1 is 1.17 bits per heavy atom. The fourth-order valence-corrected chi connectivity index (χ4v) is 3.05. The van der Waals surface area contributed by atoms with Crippen LogP contribution in [0.4, 0.5) is 5.82 Å². The first-order valence-corrected chi connectivity index (χ1v) is 8.08. The summed E-state index contributed by atoms with van der Waals surface area (Å²) >= 11 is 7.43. The third kappa shape index (κ3) is 2.91. The van der Waals surface area contributed by atoms with E-state index in [0.29, 0.717) is 16.0 Å². The first-order valence-electron chi connectivity index (χ1n) is 6.88. The van der Waals surface area contributed by atoms with Crippen LogP contribution >= 0.6 is 23.4 Å². The van der Waals surface area contributed by atoms with Gasteiger partial charge in [0, 0.05) is 13.3 Å². The quantitative estimate of drug-likeness (QED) is 0.547. The summed E-state index contributed by atoms with van der Waals surface area (Å²) < 4.78 is 8.36. The van der Waals surface area contributed by atoms with Crippen molar-refractivity contribution in [2.75, 3.05) is 12.3 Å². The number of halogens is 1. The van der Waals surface area contributed by atoms with E-state index in [1.54, 1.807) is 30.1 Å². The first kappa shape index (κ1) is 15.2. The molecule has 0 aliphatic heterocycles. The molecule has 4 aromatic heterocycles. The van der Waals surface area contributed by atoms with Crippen LogP contribution < -0.4 is 5.23 Å². The zero-order valence-corrected chi connectivity index (χ0v) is 14.0. The average molecular weight is 359 g/mol. The maximum Gasteiger partial charge on any atom is 0.437 e. The number of anilines is 1. The fraction of sp³-hybridized carbons (Fsp3) is 0.0769. The van der Waals surface area contributed by atoms with E-state index in [1.165, 1.54) is 19.4 Å². The van der Waals surface area contributed by atoms with Crippen LogP contribution in [0.3, 0.4) is 0 Å². The Bertz CT molecular complexity index is 1020. The number of nitrogens with one attached hydrogen (secondary N) is 1. The van der Waals surface area contributed by atoms with Gasteiger partial charge in [-0.3, -0.25) is 4.40 Å². The van der Waals surface area contributed by atoms with E-state index in [2.05, 4.69) is 25.5 Å². The van der Waals surface area contributed by atoms with E-state index in [0.717, 1.165) is 16.3 Å². The van der Waals surface area contributed by atoms with Gasteiger partial charge in [-0.2, -0.15) is 5.10 Å². The molecule has 0 atom stereocenters. The van der Waals surface area contributed by atoms with Crippen molar-refractivity contribution in [3.63, 3.8) is 0 Å². The van der Waals surface area contributed by atoms with Crippen molar-refractivity contribution in [1.29, 1.82) is 0 Å². The lowest BCUT2D eigenvalue weighted by atomic mass is 10.3. The second-order valence-electron chi connectivity index (χ2n) is 4.76. The largest absolute Gasteiger partial charge is 0.437 e. The van der Waals surface area contributed by atoms with Crippen molar-refractivity contribution in [3.8, 4) is 0 Å². The van der Waals surface area contributed by atoms with Crippen LogP contribution in [0.1, 0.15) is 0 Å². The number of fused-ring (bicyclic) bond motifs is 2. The van der Waals surface area contributed by atoms with Gasteiger partial charge < -0.3 is 9.88 Å². The Hall–Kier alpha value is -2.30. The minimum absolute atomic E-state index is 0.618. The molecule has 0 saturated heterocycles. The summed E-state index contributed by atoms with van der Waals surface area (Å²) in [6, 6.07) is 7.35. The van der Waals surface area contributed by atoms with Crippen LogP contribution in [-0.4, -0.2) is 43.9 Å². The fourth-order valence-electron chi connectivity index (χ4n) is 2.11. The molecule has 0 unspecified atom stereocenters. The third-order valence-electron chi connectivity index (χ3n) is 3.15. The van der Waals surface area contributed by atoms with Crippen LogP contribution in [0.2, 0.25) is 5.02 Å². The van der Waals surface area contributed by atoms with Crippen molar-refractivity contribution in [3.05, 3.63) is 41.7 Å². The Balaban J connectivity index is 1.64. The zero-order chi connectivity index (χ0) is 16.5. The Labute approximate surface area is 146 Å². The van der Waals surface area contributed by atoms with Crippen LogP contribution in [0.15, 0.2) is 46.8 Å². The highest BCUT2D eigenvalue weighted by Gasteiger charge is 2.10. The minimum Gasteiger partial charge on any atom is -0.422 e. The Morgan fingerprint density at radius 2 is 2.04 bits per heavy atom. The molecule has 1 radical (unpaired) electrons. The lowest BCUT2D eigenvalue weighted by Crippen LogP contribution is -2.07. The maximum absolute atomic E-state index is 6.04. The molecule has 11 heteroatoms. The lowest BCUT2D eigenvalue weighted by molar-refractivity contribution is 0.446. The van der Waals surface area contributed by atoms with Gasteiger partial charge in [-0.25, -0.2) is 9.50 Å². The van der Waals surface area contributed by atoms with Gasteiger partial charge in [0.05, 0.1) is 11.2 Å². The number of aromatic nitrogens is 6. The van der Waals surface area contributed by atoms with Crippen LogP contribution in [-0.2, 0) is 4.65 Å². The number of rotatable bonds is 5. The van der Waals surface area contributed by atoms with Crippen molar-refractivity contribution in [2.45, 2.75) is 10.2 Å². The maximum atomic E-state index is 6.04. The summed E-state index contributed by atoms with van der Waals surface area (Å²) in [7, 11) is 3.01. The molecule has 4 aromatic rings. The van der Waals surface area contributed by atoms with Crippen LogP contribution in [0, 0.1) is 0 Å². The summed E-state index contributed by atoms with van der Waals surface area (Å²) in [5, 5.41) is 17.8. The van der Waals surface area contributed by atoms with Crippen LogP contribution in [0.25, 0.3) is 11.3 Å². The minimum atomic E-state index is 0.618. The third-order valence-corrected chi connectivity index (χ3v) is 4.26. The van der Waals surface area contributed by atoms with Gasteiger partial charge in [-0.05, 0) is 36.0 Å². The lowest BCUT2D eigenvalue weighted by Gasteiger charge is -2.00. The molecular weight excluding hydrogens is 349 g/mol. The molecular formula is C13H10BClN7OS. The summed E-state index contributed by atoms with van der Waals surface area (Å²) in [5.41, 5.74) is 1.45. The molecule has 0 spiro atoms. The predicted octanol–water partition coefficient (Wildman–Crippen LogP) is 2.17. The van der Waals surface area contributed by atoms with Crippen LogP contribution in [0.5, 0.6) is 0 Å². The van der Waals surface area contributed by atoms with E-state index in [-0.39, 0.29) is 0 Å². The molecule has 0 fully saturated rings. The summed E-state index contributed by atoms with van der Waals surface area (Å²) in [6.07, 6.45) is 3.55. The second kappa shape index (κ2) is 6.31. The normalized spacial score (nSPS) is 11.2. The summed E-state index contributed by atoms with van der Waals surface area (Å²) in [5.74, 6) is 0.645. The van der Waals surface area contributed by atoms with Gasteiger partial charge >= 0.3 is 7.62 Å². The zero-order valence-electron chi connectivity index (χ0n) is 12.4. The van der Waals surface area contributed by atoms with Gasteiger partial charge in [0.15, 0.2) is 11.3 Å². The van der Waals surface area contributed by atoms with Crippen molar-refractivity contribution >= 4 is 48.1 Å². The molecule has 119 valence electrons.